The molecule has 312 valence electrons. The minimum atomic E-state index is -5.09. The van der Waals surface area contributed by atoms with Crippen molar-refractivity contribution in [3.05, 3.63) is 42.5 Å². The molecule has 2 saturated carbocycles. The number of allylic oxidation sites excluding steroid dienone is 1. The zero-order chi connectivity index (χ0) is 41.9. The standard InChI is InChI=1S/C39H50F3N5O9S/c1-22-11-7-9-13-25-20-38(25,34(50)45-57(53,54)37(5)15-16-37)44-31(48)28-19-26(56-32-27-14-10-8-12-24(27)18-29(43-32)55-6)21-46(28)33(49)30(23(2)17-22)47(35(51)52)36(3,4)39(40,41)42/h8-10,12-14,18,22-23,25-26,28,30H,7,11,15-17,19-21H2,1-6H3,(H,44,48)(H,45,50)(H,51,52)/b13-9-/t22-,23+,25+,26+,28-,30-,38+/m0/s1. The van der Waals surface area contributed by atoms with Gasteiger partial charge in [0.1, 0.15) is 29.3 Å². The first kappa shape index (κ1) is 42.0. The molecule has 0 bridgehead atoms. The van der Waals surface area contributed by atoms with Gasteiger partial charge in [-0.05, 0) is 82.6 Å². The molecule has 2 aliphatic heterocycles. The number of hydrogen-bond donors (Lipinski definition) is 3. The van der Waals surface area contributed by atoms with Crippen molar-refractivity contribution in [1.82, 2.24) is 24.8 Å². The number of hydrogen-bond acceptors (Lipinski definition) is 9. The van der Waals surface area contributed by atoms with E-state index in [1.165, 1.54) is 21.0 Å². The molecule has 2 aliphatic carbocycles. The van der Waals surface area contributed by atoms with Crippen LogP contribution in [0.2, 0.25) is 0 Å². The van der Waals surface area contributed by atoms with E-state index in [0.717, 1.165) is 4.90 Å². The Kier molecular flexibility index (Phi) is 11.0. The molecule has 14 nitrogen and oxygen atoms in total. The maximum absolute atomic E-state index is 15.0. The average molecular weight is 822 g/mol. The zero-order valence-electron chi connectivity index (χ0n) is 32.8. The van der Waals surface area contributed by atoms with E-state index in [1.54, 1.807) is 42.5 Å². The summed E-state index contributed by atoms with van der Waals surface area (Å²) in [6.07, 6.45) is -2.86. The number of carbonyl (C=O) groups is 4. The van der Waals surface area contributed by atoms with Crippen molar-refractivity contribution in [2.75, 3.05) is 13.7 Å². The summed E-state index contributed by atoms with van der Waals surface area (Å²) in [5.74, 6) is -4.32. The van der Waals surface area contributed by atoms with Crippen LogP contribution in [0.3, 0.4) is 0 Å². The van der Waals surface area contributed by atoms with Crippen molar-refractivity contribution in [3.63, 3.8) is 0 Å². The van der Waals surface area contributed by atoms with Crippen LogP contribution >= 0.6 is 0 Å². The summed E-state index contributed by atoms with van der Waals surface area (Å²) in [6.45, 7) is 5.91. The molecule has 4 amide bonds. The van der Waals surface area contributed by atoms with Crippen LogP contribution in [-0.2, 0) is 24.4 Å². The minimum absolute atomic E-state index is 0.0510. The van der Waals surface area contributed by atoms with Crippen molar-refractivity contribution in [2.24, 2.45) is 17.8 Å². The lowest BCUT2D eigenvalue weighted by atomic mass is 9.85. The predicted octanol–water partition coefficient (Wildman–Crippen LogP) is 5.17. The molecule has 18 heteroatoms. The highest BCUT2D eigenvalue weighted by Crippen LogP contribution is 2.48. The second-order valence-electron chi connectivity index (χ2n) is 16.8. The summed E-state index contributed by atoms with van der Waals surface area (Å²) in [7, 11) is -2.70. The normalized spacial score (nSPS) is 29.8. The molecular formula is C39H50F3N5O9S. The van der Waals surface area contributed by atoms with Gasteiger partial charge in [-0.1, -0.05) is 44.2 Å². The molecule has 4 aliphatic rings. The van der Waals surface area contributed by atoms with Crippen LogP contribution in [0.1, 0.15) is 79.6 Å². The van der Waals surface area contributed by atoms with Gasteiger partial charge in [0.05, 0.1) is 18.4 Å². The van der Waals surface area contributed by atoms with Crippen molar-refractivity contribution < 1.29 is 55.3 Å². The number of halogens is 3. The number of benzene rings is 1. The lowest BCUT2D eigenvalue weighted by molar-refractivity contribution is -0.222. The van der Waals surface area contributed by atoms with Crippen LogP contribution in [0, 0.1) is 17.8 Å². The molecule has 1 aromatic carbocycles. The van der Waals surface area contributed by atoms with E-state index in [0.29, 0.717) is 50.3 Å². The monoisotopic (exact) mass is 821 g/mol. The molecule has 3 N–H and O–H groups in total. The number of pyridine rings is 1. The quantitative estimate of drug-likeness (QED) is 0.301. The summed E-state index contributed by atoms with van der Waals surface area (Å²) in [5.41, 5.74) is -4.75. The molecule has 57 heavy (non-hydrogen) atoms. The summed E-state index contributed by atoms with van der Waals surface area (Å²) in [6, 6.07) is 5.39. The number of methoxy groups -OCH3 is 1. The number of nitrogens with one attached hydrogen (secondary N) is 2. The van der Waals surface area contributed by atoms with Crippen LogP contribution in [0.5, 0.6) is 11.8 Å². The molecule has 0 unspecified atom stereocenters. The highest BCUT2D eigenvalue weighted by Gasteiger charge is 2.64. The van der Waals surface area contributed by atoms with Gasteiger partial charge < -0.3 is 24.8 Å². The molecule has 0 radical (unpaired) electrons. The molecule has 3 heterocycles. The first-order chi connectivity index (χ1) is 26.5. The van der Waals surface area contributed by atoms with Crippen molar-refractivity contribution in [3.8, 4) is 11.8 Å². The fraction of sp³-hybridized carbons (Fsp3) is 0.615. The van der Waals surface area contributed by atoms with Crippen LogP contribution in [0.15, 0.2) is 42.5 Å². The van der Waals surface area contributed by atoms with Gasteiger partial charge in [-0.15, -0.1) is 0 Å². The Morgan fingerprint density at radius 3 is 2.44 bits per heavy atom. The summed E-state index contributed by atoms with van der Waals surface area (Å²) >= 11 is 0. The predicted molar refractivity (Wildman–Crippen MR) is 202 cm³/mol. The third-order valence-corrected chi connectivity index (χ3v) is 14.3. The number of sulfonamides is 1. The van der Waals surface area contributed by atoms with E-state index >= 15 is 0 Å². The second kappa shape index (κ2) is 15.0. The van der Waals surface area contributed by atoms with E-state index in [2.05, 4.69) is 15.0 Å². The first-order valence-electron chi connectivity index (χ1n) is 19.1. The fourth-order valence-corrected chi connectivity index (χ4v) is 9.39. The van der Waals surface area contributed by atoms with E-state index in [1.807, 2.05) is 6.92 Å². The van der Waals surface area contributed by atoms with Crippen LogP contribution in [0.4, 0.5) is 18.0 Å². The summed E-state index contributed by atoms with van der Waals surface area (Å²) < 4.78 is 83.2. The molecule has 3 fully saturated rings. The van der Waals surface area contributed by atoms with E-state index in [9.17, 15) is 45.9 Å². The van der Waals surface area contributed by atoms with Crippen molar-refractivity contribution in [2.45, 2.75) is 120 Å². The lowest BCUT2D eigenvalue weighted by Crippen LogP contribution is -2.66. The van der Waals surface area contributed by atoms with Crippen LogP contribution < -0.4 is 19.5 Å². The lowest BCUT2D eigenvalue weighted by Gasteiger charge is -2.45. The third-order valence-electron chi connectivity index (χ3n) is 12.2. The zero-order valence-corrected chi connectivity index (χ0v) is 33.6. The van der Waals surface area contributed by atoms with Crippen molar-refractivity contribution in [1.29, 1.82) is 0 Å². The maximum atomic E-state index is 15.0. The number of rotatable bonds is 8. The third kappa shape index (κ3) is 7.97. The van der Waals surface area contributed by atoms with E-state index in [4.69, 9.17) is 9.47 Å². The number of carboxylic acid groups (broad SMARTS) is 1. The fourth-order valence-electron chi connectivity index (χ4n) is 8.08. The number of ether oxygens (including phenoxy) is 2. The van der Waals surface area contributed by atoms with Gasteiger partial charge in [0, 0.05) is 23.8 Å². The Hall–Kier alpha value is -4.61. The highest BCUT2D eigenvalue weighted by atomic mass is 32.2. The number of aromatic nitrogens is 1. The van der Waals surface area contributed by atoms with Gasteiger partial charge in [0.25, 0.3) is 5.91 Å². The molecule has 7 atom stereocenters. The molecular weight excluding hydrogens is 772 g/mol. The van der Waals surface area contributed by atoms with Gasteiger partial charge in [0.15, 0.2) is 0 Å². The first-order valence-corrected chi connectivity index (χ1v) is 20.6. The molecule has 6 rings (SSSR count). The largest absolute Gasteiger partial charge is 0.481 e. The Bertz CT molecular complexity index is 2070. The van der Waals surface area contributed by atoms with Crippen molar-refractivity contribution >= 4 is 44.6 Å². The maximum Gasteiger partial charge on any atom is 0.411 e. The highest BCUT2D eigenvalue weighted by molar-refractivity contribution is 7.91. The van der Waals surface area contributed by atoms with Crippen LogP contribution in [-0.4, -0.2) is 106 Å². The van der Waals surface area contributed by atoms with E-state index in [-0.39, 0.29) is 48.4 Å². The Morgan fingerprint density at radius 2 is 1.81 bits per heavy atom. The van der Waals surface area contributed by atoms with E-state index < -0.39 is 85.9 Å². The Labute approximate surface area is 329 Å². The Balaban J connectivity index is 1.43. The smallest absolute Gasteiger partial charge is 0.411 e. The number of alkyl halides is 3. The second-order valence-corrected chi connectivity index (χ2v) is 19.0. The number of fused-ring (bicyclic) bond motifs is 3. The molecule has 2 aromatic rings. The van der Waals surface area contributed by atoms with Gasteiger partial charge in [-0.25, -0.2) is 13.2 Å². The molecule has 1 aromatic heterocycles. The number of amides is 4. The van der Waals surface area contributed by atoms with Gasteiger partial charge in [-0.2, -0.15) is 18.2 Å². The number of carbonyl (C=O) groups excluding carboxylic acids is 3. The SMILES string of the molecule is COc1cc2ccccc2c(O[C@@H]2C[C@H]3C(=O)N[C@]4(C(=O)NS(=O)(=O)C5(C)CC5)C[C@H]4/C=C\CC[C@H](C)C[C@@H](C)[C@H](N(C(=O)O)C(C)(C)C(F)(F)F)C(=O)N3C2)n1. The van der Waals surface area contributed by atoms with Crippen LogP contribution in [0.25, 0.3) is 10.8 Å². The van der Waals surface area contributed by atoms with Gasteiger partial charge in [-0.3, -0.25) is 24.0 Å². The van der Waals surface area contributed by atoms with Gasteiger partial charge in [0.2, 0.25) is 33.6 Å². The van der Waals surface area contributed by atoms with Gasteiger partial charge >= 0.3 is 12.3 Å². The Morgan fingerprint density at radius 1 is 1.12 bits per heavy atom. The molecule has 1 saturated heterocycles. The summed E-state index contributed by atoms with van der Waals surface area (Å²) in [4.78, 5) is 62.0. The number of nitrogens with zero attached hydrogens (tertiary/aromatic N) is 3. The average Bonchev–Trinajstić information content (AvgIpc) is 4.01. The topological polar surface area (TPSA) is 185 Å². The molecule has 0 spiro atoms. The minimum Gasteiger partial charge on any atom is -0.481 e. The summed E-state index contributed by atoms with van der Waals surface area (Å²) in [5, 5.41) is 14.4.